The molecular formula is C25H27N3O4. The van der Waals surface area contributed by atoms with Crippen LogP contribution in [0.25, 0.3) is 11.3 Å². The van der Waals surface area contributed by atoms with Crippen LogP contribution in [-0.4, -0.2) is 41.9 Å². The summed E-state index contributed by atoms with van der Waals surface area (Å²) in [5, 5.41) is 4.43. The minimum atomic E-state index is -0.0640. The van der Waals surface area contributed by atoms with Crippen molar-refractivity contribution in [1.82, 2.24) is 10.1 Å². The zero-order chi connectivity index (χ0) is 22.1. The molecule has 0 aliphatic carbocycles. The van der Waals surface area contributed by atoms with E-state index in [1.54, 1.807) is 18.2 Å². The van der Waals surface area contributed by atoms with Crippen LogP contribution in [0.4, 0.5) is 5.88 Å². The van der Waals surface area contributed by atoms with E-state index in [9.17, 15) is 4.79 Å². The third-order valence-corrected chi connectivity index (χ3v) is 6.04. The zero-order valence-corrected chi connectivity index (χ0v) is 18.4. The van der Waals surface area contributed by atoms with Gasteiger partial charge in [-0.25, -0.2) is 0 Å². The van der Waals surface area contributed by atoms with Gasteiger partial charge in [0.25, 0.3) is 5.91 Å². The molecule has 7 nitrogen and oxygen atoms in total. The molecule has 3 heterocycles. The summed E-state index contributed by atoms with van der Waals surface area (Å²) in [7, 11) is 0. The molecule has 1 aromatic heterocycles. The molecule has 5 rings (SSSR count). The minimum Gasteiger partial charge on any atom is -0.454 e. The lowest BCUT2D eigenvalue weighted by molar-refractivity contribution is 0.0690. The molecule has 0 N–H and O–H groups in total. The number of aromatic nitrogens is 1. The second-order valence-electron chi connectivity index (χ2n) is 8.47. The highest BCUT2D eigenvalue weighted by Crippen LogP contribution is 2.36. The van der Waals surface area contributed by atoms with Gasteiger partial charge in [-0.15, -0.1) is 0 Å². The van der Waals surface area contributed by atoms with Gasteiger partial charge in [0.1, 0.15) is 5.69 Å². The van der Waals surface area contributed by atoms with Crippen LogP contribution in [0.2, 0.25) is 0 Å². The van der Waals surface area contributed by atoms with Crippen LogP contribution in [0.1, 0.15) is 42.6 Å². The predicted octanol–water partition coefficient (Wildman–Crippen LogP) is 4.72. The molecule has 7 heteroatoms. The van der Waals surface area contributed by atoms with Crippen LogP contribution < -0.4 is 14.4 Å². The number of anilines is 1. The Labute approximate surface area is 187 Å². The molecule has 1 fully saturated rings. The summed E-state index contributed by atoms with van der Waals surface area (Å²) in [5.74, 6) is 1.98. The maximum atomic E-state index is 13.6. The number of ether oxygens (including phenoxy) is 2. The summed E-state index contributed by atoms with van der Waals surface area (Å²) in [6.45, 7) is 6.51. The van der Waals surface area contributed by atoms with Crippen LogP contribution >= 0.6 is 0 Å². The Morgan fingerprint density at radius 3 is 2.56 bits per heavy atom. The van der Waals surface area contributed by atoms with Gasteiger partial charge in [0, 0.05) is 30.3 Å². The van der Waals surface area contributed by atoms with Gasteiger partial charge >= 0.3 is 0 Å². The van der Waals surface area contributed by atoms with E-state index in [0.717, 1.165) is 48.6 Å². The largest absolute Gasteiger partial charge is 0.454 e. The molecule has 32 heavy (non-hydrogen) atoms. The number of carbonyl (C=O) groups excluding carboxylic acids is 1. The van der Waals surface area contributed by atoms with E-state index in [0.29, 0.717) is 23.6 Å². The quantitative estimate of drug-likeness (QED) is 0.560. The van der Waals surface area contributed by atoms with Crippen molar-refractivity contribution >= 4 is 11.8 Å². The Balaban J connectivity index is 1.51. The summed E-state index contributed by atoms with van der Waals surface area (Å²) >= 11 is 0. The van der Waals surface area contributed by atoms with Crippen molar-refractivity contribution in [3.8, 4) is 22.8 Å². The zero-order valence-electron chi connectivity index (χ0n) is 18.4. The Morgan fingerprint density at radius 2 is 1.81 bits per heavy atom. The summed E-state index contributed by atoms with van der Waals surface area (Å²) in [6, 6.07) is 15.3. The van der Waals surface area contributed by atoms with Crippen LogP contribution in [0.3, 0.4) is 0 Å². The first-order valence-corrected chi connectivity index (χ1v) is 11.1. The van der Waals surface area contributed by atoms with Gasteiger partial charge in [-0.1, -0.05) is 35.5 Å². The molecule has 0 radical (unpaired) electrons. The number of benzene rings is 2. The highest BCUT2D eigenvalue weighted by molar-refractivity contribution is 5.95. The van der Waals surface area contributed by atoms with Gasteiger partial charge in [-0.05, 0) is 44.9 Å². The van der Waals surface area contributed by atoms with Crippen molar-refractivity contribution in [1.29, 1.82) is 0 Å². The minimum absolute atomic E-state index is 0.0159. The normalized spacial score (nSPS) is 14.9. The van der Waals surface area contributed by atoms with Crippen molar-refractivity contribution in [2.75, 3.05) is 24.8 Å². The van der Waals surface area contributed by atoms with Gasteiger partial charge < -0.3 is 23.8 Å². The van der Waals surface area contributed by atoms with Gasteiger partial charge in [0.2, 0.25) is 12.7 Å². The molecule has 1 saturated heterocycles. The molecule has 2 aliphatic heterocycles. The van der Waals surface area contributed by atoms with Crippen molar-refractivity contribution < 1.29 is 18.8 Å². The number of rotatable bonds is 6. The van der Waals surface area contributed by atoms with Crippen LogP contribution in [0.15, 0.2) is 53.1 Å². The number of hydrogen-bond acceptors (Lipinski definition) is 6. The van der Waals surface area contributed by atoms with Crippen molar-refractivity contribution in [2.24, 2.45) is 0 Å². The molecule has 0 atom stereocenters. The standard InChI is InChI=1S/C25H27N3O4/c1-17(2)28(24(29)19-10-11-21-22(14-19)31-16-30-21)15-20-23(18-8-4-3-5-9-18)26-32-25(20)27-12-6-7-13-27/h3-5,8-11,14,17H,6-7,12-13,15-16H2,1-2H3. The van der Waals surface area contributed by atoms with Crippen molar-refractivity contribution in [2.45, 2.75) is 39.3 Å². The molecule has 0 bridgehead atoms. The Kier molecular flexibility index (Phi) is 5.47. The lowest BCUT2D eigenvalue weighted by Crippen LogP contribution is -2.37. The van der Waals surface area contributed by atoms with E-state index in [2.05, 4.69) is 10.1 Å². The highest BCUT2D eigenvalue weighted by Gasteiger charge is 2.29. The summed E-state index contributed by atoms with van der Waals surface area (Å²) < 4.78 is 16.7. The summed E-state index contributed by atoms with van der Waals surface area (Å²) in [4.78, 5) is 17.6. The fraction of sp³-hybridized carbons (Fsp3) is 0.360. The molecule has 1 amide bonds. The van der Waals surface area contributed by atoms with E-state index < -0.39 is 0 Å². The van der Waals surface area contributed by atoms with Gasteiger partial charge in [0.15, 0.2) is 11.5 Å². The number of fused-ring (bicyclic) bond motifs is 1. The molecule has 0 unspecified atom stereocenters. The van der Waals surface area contributed by atoms with Gasteiger partial charge in [-0.3, -0.25) is 4.79 Å². The maximum absolute atomic E-state index is 13.6. The Hall–Kier alpha value is -3.48. The number of carbonyl (C=O) groups is 1. The molecule has 0 saturated carbocycles. The van der Waals surface area contributed by atoms with Gasteiger partial charge in [-0.2, -0.15) is 0 Å². The molecule has 3 aromatic rings. The topological polar surface area (TPSA) is 68.0 Å². The highest BCUT2D eigenvalue weighted by atomic mass is 16.7. The summed E-state index contributed by atoms with van der Waals surface area (Å²) in [6.07, 6.45) is 2.26. The lowest BCUT2D eigenvalue weighted by Gasteiger charge is -2.28. The van der Waals surface area contributed by atoms with E-state index in [-0.39, 0.29) is 18.7 Å². The van der Waals surface area contributed by atoms with Gasteiger partial charge in [0.05, 0.1) is 12.1 Å². The van der Waals surface area contributed by atoms with Crippen LogP contribution in [0.5, 0.6) is 11.5 Å². The van der Waals surface area contributed by atoms with Crippen molar-refractivity contribution in [3.05, 3.63) is 59.7 Å². The average molecular weight is 434 g/mol. The molecule has 166 valence electrons. The van der Waals surface area contributed by atoms with Crippen LogP contribution in [-0.2, 0) is 6.54 Å². The lowest BCUT2D eigenvalue weighted by atomic mass is 10.1. The summed E-state index contributed by atoms with van der Waals surface area (Å²) in [5.41, 5.74) is 3.29. The van der Waals surface area contributed by atoms with Crippen LogP contribution in [0, 0.1) is 0 Å². The Morgan fingerprint density at radius 1 is 1.06 bits per heavy atom. The first-order valence-electron chi connectivity index (χ1n) is 11.1. The van der Waals surface area contributed by atoms with Crippen molar-refractivity contribution in [3.63, 3.8) is 0 Å². The van der Waals surface area contributed by atoms with E-state index >= 15 is 0 Å². The molecular weight excluding hydrogens is 406 g/mol. The van der Waals surface area contributed by atoms with E-state index in [1.807, 2.05) is 49.1 Å². The smallest absolute Gasteiger partial charge is 0.254 e. The predicted molar refractivity (Wildman–Crippen MR) is 121 cm³/mol. The fourth-order valence-electron chi connectivity index (χ4n) is 4.29. The average Bonchev–Trinajstić information content (AvgIpc) is 3.57. The molecule has 2 aromatic carbocycles. The first kappa shape index (κ1) is 20.4. The Bertz CT molecular complexity index is 1100. The number of nitrogens with zero attached hydrogens (tertiary/aromatic N) is 3. The van der Waals surface area contributed by atoms with E-state index in [4.69, 9.17) is 14.0 Å². The maximum Gasteiger partial charge on any atom is 0.254 e. The third kappa shape index (κ3) is 3.79. The second-order valence-corrected chi connectivity index (χ2v) is 8.47. The fourth-order valence-corrected chi connectivity index (χ4v) is 4.29. The third-order valence-electron chi connectivity index (χ3n) is 6.04. The first-order chi connectivity index (χ1) is 15.6. The molecule has 2 aliphatic rings. The second kappa shape index (κ2) is 8.57. The number of hydrogen-bond donors (Lipinski definition) is 0. The SMILES string of the molecule is CC(C)N(Cc1c(-c2ccccc2)noc1N1CCCC1)C(=O)c1ccc2c(c1)OCO2. The number of amides is 1. The monoisotopic (exact) mass is 433 g/mol. The van der Waals surface area contributed by atoms with E-state index in [1.165, 1.54) is 0 Å². The molecule has 0 spiro atoms.